The Morgan fingerprint density at radius 3 is 2.10 bits per heavy atom. The molecule has 0 aromatic carbocycles. The molecule has 120 valence electrons. The Morgan fingerprint density at radius 2 is 1.70 bits per heavy atom. The molecule has 0 fully saturated rings. The third-order valence-electron chi connectivity index (χ3n) is 3.37. The van der Waals surface area contributed by atoms with Gasteiger partial charge in [0.25, 0.3) is 0 Å². The van der Waals surface area contributed by atoms with Crippen molar-refractivity contribution in [1.82, 2.24) is 4.90 Å². The van der Waals surface area contributed by atoms with Crippen LogP contribution in [-0.2, 0) is 4.74 Å². The molecule has 0 saturated heterocycles. The molecule has 3 heteroatoms. The van der Waals surface area contributed by atoms with Crippen LogP contribution in [0.2, 0.25) is 0 Å². The monoisotopic (exact) mass is 285 g/mol. The second-order valence-electron chi connectivity index (χ2n) is 6.98. The number of unbranched alkanes of at least 4 members (excludes halogenated alkanes) is 2. The van der Waals surface area contributed by atoms with Gasteiger partial charge in [0, 0.05) is 12.6 Å². The summed E-state index contributed by atoms with van der Waals surface area (Å²) in [5, 5.41) is 0. The van der Waals surface area contributed by atoms with E-state index in [1.807, 2.05) is 25.7 Å². The molecule has 1 amide bonds. The summed E-state index contributed by atoms with van der Waals surface area (Å²) in [5.74, 6) is 0.464. The molecule has 20 heavy (non-hydrogen) atoms. The van der Waals surface area contributed by atoms with Crippen molar-refractivity contribution in [2.45, 2.75) is 92.2 Å². The first kappa shape index (κ1) is 19.3. The minimum atomic E-state index is -0.423. The lowest BCUT2D eigenvalue weighted by molar-refractivity contribution is 0.00965. The maximum atomic E-state index is 12.4. The standard InChI is InChI=1S/C17H35NO2/c1-8-10-11-12-15(14(3)4)18(13-9-2)16(19)20-17(5,6)7/h14-15H,8-13H2,1-7H3/t15-/m1/s1. The molecule has 0 rings (SSSR count). The molecule has 0 spiro atoms. The molecule has 0 N–H and O–H groups in total. The van der Waals surface area contributed by atoms with E-state index in [4.69, 9.17) is 4.74 Å². The van der Waals surface area contributed by atoms with Crippen LogP contribution in [0.5, 0.6) is 0 Å². The Hall–Kier alpha value is -0.730. The van der Waals surface area contributed by atoms with Crippen molar-refractivity contribution in [2.75, 3.05) is 6.54 Å². The van der Waals surface area contributed by atoms with E-state index in [9.17, 15) is 4.79 Å². The van der Waals surface area contributed by atoms with E-state index in [1.54, 1.807) is 0 Å². The van der Waals surface area contributed by atoms with Crippen LogP contribution in [0, 0.1) is 5.92 Å². The zero-order valence-electron chi connectivity index (χ0n) is 14.7. The largest absolute Gasteiger partial charge is 0.444 e. The van der Waals surface area contributed by atoms with Crippen LogP contribution in [-0.4, -0.2) is 29.2 Å². The summed E-state index contributed by atoms with van der Waals surface area (Å²) in [7, 11) is 0. The van der Waals surface area contributed by atoms with Gasteiger partial charge in [0.05, 0.1) is 0 Å². The van der Waals surface area contributed by atoms with Crippen LogP contribution < -0.4 is 0 Å². The number of rotatable bonds is 8. The van der Waals surface area contributed by atoms with Gasteiger partial charge in [-0.15, -0.1) is 0 Å². The first-order chi connectivity index (χ1) is 9.22. The van der Waals surface area contributed by atoms with Gasteiger partial charge in [-0.05, 0) is 39.5 Å². The van der Waals surface area contributed by atoms with Gasteiger partial charge in [-0.3, -0.25) is 0 Å². The van der Waals surface area contributed by atoms with Crippen molar-refractivity contribution in [1.29, 1.82) is 0 Å². The maximum Gasteiger partial charge on any atom is 0.410 e. The van der Waals surface area contributed by atoms with E-state index < -0.39 is 5.60 Å². The second kappa shape index (κ2) is 9.25. The Morgan fingerprint density at radius 1 is 1.10 bits per heavy atom. The lowest BCUT2D eigenvalue weighted by Crippen LogP contribution is -2.46. The zero-order chi connectivity index (χ0) is 15.8. The molecule has 0 aliphatic rings. The van der Waals surface area contributed by atoms with Crippen LogP contribution in [0.3, 0.4) is 0 Å². The van der Waals surface area contributed by atoms with Gasteiger partial charge in [0.1, 0.15) is 5.60 Å². The van der Waals surface area contributed by atoms with Gasteiger partial charge in [-0.25, -0.2) is 4.79 Å². The van der Waals surface area contributed by atoms with E-state index in [1.165, 1.54) is 19.3 Å². The number of hydrogen-bond donors (Lipinski definition) is 0. The predicted molar refractivity (Wildman–Crippen MR) is 86.0 cm³/mol. The summed E-state index contributed by atoms with van der Waals surface area (Å²) >= 11 is 0. The van der Waals surface area contributed by atoms with Crippen molar-refractivity contribution in [2.24, 2.45) is 5.92 Å². The van der Waals surface area contributed by atoms with E-state index in [-0.39, 0.29) is 12.1 Å². The molecule has 0 heterocycles. The summed E-state index contributed by atoms with van der Waals surface area (Å²) in [6.45, 7) is 15.3. The number of carbonyl (C=O) groups is 1. The van der Waals surface area contributed by atoms with Gasteiger partial charge in [-0.1, -0.05) is 47.0 Å². The normalized spacial score (nSPS) is 13.4. The van der Waals surface area contributed by atoms with Crippen LogP contribution in [0.4, 0.5) is 4.79 Å². The Bertz CT molecular complexity index is 269. The average molecular weight is 285 g/mol. The van der Waals surface area contributed by atoms with Gasteiger partial charge in [0.15, 0.2) is 0 Å². The van der Waals surface area contributed by atoms with Crippen molar-refractivity contribution in [3.8, 4) is 0 Å². The van der Waals surface area contributed by atoms with E-state index in [0.717, 1.165) is 19.4 Å². The average Bonchev–Trinajstić information content (AvgIpc) is 2.30. The summed E-state index contributed by atoms with van der Waals surface area (Å²) in [6.07, 6.45) is 5.51. The van der Waals surface area contributed by atoms with E-state index in [0.29, 0.717) is 5.92 Å². The molecule has 0 bridgehead atoms. The minimum absolute atomic E-state index is 0.158. The SMILES string of the molecule is CCCCC[C@H](C(C)C)N(CCC)C(=O)OC(C)(C)C. The molecule has 0 aliphatic heterocycles. The lowest BCUT2D eigenvalue weighted by Gasteiger charge is -2.35. The minimum Gasteiger partial charge on any atom is -0.444 e. The van der Waals surface area contributed by atoms with Crippen molar-refractivity contribution in [3.05, 3.63) is 0 Å². The molecule has 0 aromatic heterocycles. The van der Waals surface area contributed by atoms with Crippen molar-refractivity contribution >= 4 is 6.09 Å². The summed E-state index contributed by atoms with van der Waals surface area (Å²) in [4.78, 5) is 14.4. The maximum absolute atomic E-state index is 12.4. The van der Waals surface area contributed by atoms with Gasteiger partial charge < -0.3 is 9.64 Å². The second-order valence-corrected chi connectivity index (χ2v) is 6.98. The summed E-state index contributed by atoms with van der Waals surface area (Å²) in [6, 6.07) is 0.288. The van der Waals surface area contributed by atoms with Gasteiger partial charge in [-0.2, -0.15) is 0 Å². The molecule has 1 atom stereocenters. The van der Waals surface area contributed by atoms with Crippen LogP contribution >= 0.6 is 0 Å². The fourth-order valence-electron chi connectivity index (χ4n) is 2.41. The highest BCUT2D eigenvalue weighted by Gasteiger charge is 2.29. The van der Waals surface area contributed by atoms with Crippen LogP contribution in [0.15, 0.2) is 0 Å². The molecule has 0 aromatic rings. The highest BCUT2D eigenvalue weighted by molar-refractivity contribution is 5.68. The Labute approximate surface area is 126 Å². The molecular formula is C17H35NO2. The van der Waals surface area contributed by atoms with Gasteiger partial charge >= 0.3 is 6.09 Å². The van der Waals surface area contributed by atoms with Crippen LogP contribution in [0.1, 0.15) is 80.6 Å². The zero-order valence-corrected chi connectivity index (χ0v) is 14.7. The van der Waals surface area contributed by atoms with Crippen LogP contribution in [0.25, 0.3) is 0 Å². The Balaban J connectivity index is 4.83. The van der Waals surface area contributed by atoms with E-state index >= 15 is 0 Å². The smallest absolute Gasteiger partial charge is 0.410 e. The molecule has 0 unspecified atom stereocenters. The molecule has 3 nitrogen and oxygen atoms in total. The fourth-order valence-corrected chi connectivity index (χ4v) is 2.41. The number of amides is 1. The molecule has 0 radical (unpaired) electrons. The van der Waals surface area contributed by atoms with Gasteiger partial charge in [0.2, 0.25) is 0 Å². The lowest BCUT2D eigenvalue weighted by atomic mass is 9.96. The third-order valence-corrected chi connectivity index (χ3v) is 3.37. The summed E-state index contributed by atoms with van der Waals surface area (Å²) < 4.78 is 5.58. The topological polar surface area (TPSA) is 29.5 Å². The van der Waals surface area contributed by atoms with Crippen molar-refractivity contribution in [3.63, 3.8) is 0 Å². The predicted octanol–water partition coefficient (Wildman–Crippen LogP) is 5.24. The number of carbonyl (C=O) groups excluding carboxylic acids is 1. The van der Waals surface area contributed by atoms with Crippen molar-refractivity contribution < 1.29 is 9.53 Å². The Kier molecular flexibility index (Phi) is 8.91. The first-order valence-corrected chi connectivity index (χ1v) is 8.22. The van der Waals surface area contributed by atoms with E-state index in [2.05, 4.69) is 27.7 Å². The highest BCUT2D eigenvalue weighted by Crippen LogP contribution is 2.21. The summed E-state index contributed by atoms with van der Waals surface area (Å²) in [5.41, 5.74) is -0.423. The molecular weight excluding hydrogens is 250 g/mol. The number of ether oxygens (including phenoxy) is 1. The number of nitrogens with zero attached hydrogens (tertiary/aromatic N) is 1. The molecule has 0 saturated carbocycles. The number of hydrogen-bond acceptors (Lipinski definition) is 2. The third kappa shape index (κ3) is 7.76. The first-order valence-electron chi connectivity index (χ1n) is 8.22. The molecule has 0 aliphatic carbocycles. The highest BCUT2D eigenvalue weighted by atomic mass is 16.6. The fraction of sp³-hybridized carbons (Fsp3) is 0.941. The quantitative estimate of drug-likeness (QED) is 0.571.